The molecule has 1 atom stereocenters. The van der Waals surface area contributed by atoms with E-state index in [-0.39, 0.29) is 5.54 Å². The predicted molar refractivity (Wildman–Crippen MR) is 105 cm³/mol. The van der Waals surface area contributed by atoms with E-state index in [2.05, 4.69) is 55.9 Å². The number of anilines is 2. The van der Waals surface area contributed by atoms with Crippen LogP contribution >= 0.6 is 0 Å². The number of aryl methyl sites for hydroxylation is 1. The van der Waals surface area contributed by atoms with Crippen molar-refractivity contribution in [3.8, 4) is 0 Å². The van der Waals surface area contributed by atoms with Crippen LogP contribution in [0.15, 0.2) is 36.8 Å². The molecule has 26 heavy (non-hydrogen) atoms. The summed E-state index contributed by atoms with van der Waals surface area (Å²) in [6, 6.07) is 8.69. The maximum atomic E-state index is 6.85. The zero-order valence-electron chi connectivity index (χ0n) is 15.1. The molecule has 0 bridgehead atoms. The van der Waals surface area contributed by atoms with Crippen molar-refractivity contribution in [2.45, 2.75) is 25.3 Å². The summed E-state index contributed by atoms with van der Waals surface area (Å²) in [6.45, 7) is 5.80. The number of rotatable bonds is 3. The molecule has 0 aliphatic carbocycles. The number of para-hydroxylation sites is 1. The fourth-order valence-corrected chi connectivity index (χ4v) is 4.49. The Kier molecular flexibility index (Phi) is 3.43. The van der Waals surface area contributed by atoms with E-state index in [4.69, 9.17) is 5.73 Å². The highest BCUT2D eigenvalue weighted by atomic mass is 15.3. The average molecular weight is 348 g/mol. The number of aromatic amines is 1. The van der Waals surface area contributed by atoms with Gasteiger partial charge in [0.25, 0.3) is 0 Å². The van der Waals surface area contributed by atoms with Crippen molar-refractivity contribution in [1.29, 1.82) is 0 Å². The summed E-state index contributed by atoms with van der Waals surface area (Å²) in [7, 11) is 0. The Morgan fingerprint density at radius 3 is 3.04 bits per heavy atom. The molecule has 3 aromatic rings. The predicted octanol–water partition coefficient (Wildman–Crippen LogP) is 2.24. The van der Waals surface area contributed by atoms with E-state index in [9.17, 15) is 0 Å². The van der Waals surface area contributed by atoms with Crippen LogP contribution in [0.3, 0.4) is 0 Å². The minimum absolute atomic E-state index is 0.223. The first-order chi connectivity index (χ1) is 12.6. The Morgan fingerprint density at radius 2 is 2.12 bits per heavy atom. The lowest BCUT2D eigenvalue weighted by Crippen LogP contribution is -2.52. The van der Waals surface area contributed by atoms with Crippen molar-refractivity contribution in [1.82, 2.24) is 15.0 Å². The smallest absolute Gasteiger partial charge is 0.143 e. The molecule has 6 heteroatoms. The lowest BCUT2D eigenvalue weighted by molar-refractivity contribution is 0.468. The molecule has 0 spiro atoms. The molecule has 3 N–H and O–H groups in total. The van der Waals surface area contributed by atoms with E-state index in [0.29, 0.717) is 0 Å². The largest absolute Gasteiger partial charge is 0.369 e. The van der Waals surface area contributed by atoms with Crippen molar-refractivity contribution in [3.05, 3.63) is 47.9 Å². The van der Waals surface area contributed by atoms with E-state index in [0.717, 1.165) is 55.9 Å². The van der Waals surface area contributed by atoms with Crippen LogP contribution < -0.4 is 15.5 Å². The van der Waals surface area contributed by atoms with E-state index in [1.54, 1.807) is 6.33 Å². The molecule has 1 unspecified atom stereocenters. The lowest BCUT2D eigenvalue weighted by atomic mass is 9.99. The Labute approximate surface area is 153 Å². The number of H-pyrrole nitrogens is 1. The highest BCUT2D eigenvalue weighted by Gasteiger charge is 2.38. The molecular formula is C20H24N6. The van der Waals surface area contributed by atoms with Crippen LogP contribution in [0, 0.1) is 6.92 Å². The number of nitrogens with one attached hydrogen (secondary N) is 1. The summed E-state index contributed by atoms with van der Waals surface area (Å²) in [4.78, 5) is 16.9. The van der Waals surface area contributed by atoms with Crippen molar-refractivity contribution in [2.24, 2.45) is 5.73 Å². The van der Waals surface area contributed by atoms with Gasteiger partial charge in [-0.25, -0.2) is 9.97 Å². The van der Waals surface area contributed by atoms with E-state index >= 15 is 0 Å². The summed E-state index contributed by atoms with van der Waals surface area (Å²) in [6.07, 6.45) is 5.72. The second-order valence-corrected chi connectivity index (χ2v) is 7.73. The van der Waals surface area contributed by atoms with Gasteiger partial charge in [0.1, 0.15) is 17.8 Å². The normalized spacial score (nSPS) is 22.4. The quantitative estimate of drug-likeness (QED) is 0.759. The summed E-state index contributed by atoms with van der Waals surface area (Å²) in [5.74, 6) is 1.00. The number of aromatic nitrogens is 3. The van der Waals surface area contributed by atoms with Crippen molar-refractivity contribution in [2.75, 3.05) is 36.0 Å². The van der Waals surface area contributed by atoms with Gasteiger partial charge in [-0.2, -0.15) is 0 Å². The van der Waals surface area contributed by atoms with Crippen LogP contribution in [0.25, 0.3) is 11.0 Å². The summed E-state index contributed by atoms with van der Waals surface area (Å²) < 4.78 is 0. The number of hydrogen-bond donors (Lipinski definition) is 2. The van der Waals surface area contributed by atoms with Gasteiger partial charge in [0.05, 0.1) is 10.9 Å². The Balaban J connectivity index is 1.39. The third kappa shape index (κ3) is 2.44. The molecule has 1 saturated heterocycles. The van der Waals surface area contributed by atoms with E-state index in [1.807, 2.05) is 6.20 Å². The number of nitrogens with zero attached hydrogens (tertiary/aromatic N) is 4. The van der Waals surface area contributed by atoms with Crippen LogP contribution in [0.4, 0.5) is 11.5 Å². The summed E-state index contributed by atoms with van der Waals surface area (Å²) in [5.41, 5.74) is 11.5. The molecule has 134 valence electrons. The number of fused-ring (bicyclic) bond motifs is 2. The monoisotopic (exact) mass is 348 g/mol. The van der Waals surface area contributed by atoms with Gasteiger partial charge in [0, 0.05) is 38.1 Å². The van der Waals surface area contributed by atoms with Gasteiger partial charge in [0.2, 0.25) is 0 Å². The van der Waals surface area contributed by atoms with Gasteiger partial charge in [-0.05, 0) is 37.0 Å². The Bertz CT molecular complexity index is 964. The number of hydrogen-bond acceptors (Lipinski definition) is 5. The molecule has 2 aliphatic rings. The second-order valence-electron chi connectivity index (χ2n) is 7.73. The summed E-state index contributed by atoms with van der Waals surface area (Å²) >= 11 is 0. The molecule has 2 aromatic heterocycles. The highest BCUT2D eigenvalue weighted by molar-refractivity contribution is 5.90. The van der Waals surface area contributed by atoms with Gasteiger partial charge in [0.15, 0.2) is 0 Å². The molecular weight excluding hydrogens is 324 g/mol. The van der Waals surface area contributed by atoms with Gasteiger partial charge >= 0.3 is 0 Å². The third-order valence-electron chi connectivity index (χ3n) is 5.82. The molecule has 1 fully saturated rings. The standard InChI is InChI=1S/C20H24N6/c1-14-10-22-18-17(14)19(24-13-23-18)26-9-7-20(21,12-26)11-25-8-6-15-4-2-3-5-16(15)25/h2-5,10,13H,6-9,11-12,21H2,1H3,(H,22,23,24). The van der Waals surface area contributed by atoms with Gasteiger partial charge in [-0.15, -0.1) is 0 Å². The number of nitrogens with two attached hydrogens (primary N) is 1. The fraction of sp³-hybridized carbons (Fsp3) is 0.400. The molecule has 2 aliphatic heterocycles. The first-order valence-corrected chi connectivity index (χ1v) is 9.28. The molecule has 1 aromatic carbocycles. The molecule has 0 radical (unpaired) electrons. The number of benzene rings is 1. The first-order valence-electron chi connectivity index (χ1n) is 9.28. The van der Waals surface area contributed by atoms with Crippen molar-refractivity contribution >= 4 is 22.5 Å². The minimum Gasteiger partial charge on any atom is -0.369 e. The van der Waals surface area contributed by atoms with Crippen LogP contribution in [0.2, 0.25) is 0 Å². The molecule has 0 saturated carbocycles. The van der Waals surface area contributed by atoms with Crippen molar-refractivity contribution in [3.63, 3.8) is 0 Å². The van der Waals surface area contributed by atoms with E-state index in [1.165, 1.54) is 16.8 Å². The van der Waals surface area contributed by atoms with E-state index < -0.39 is 0 Å². The zero-order chi connectivity index (χ0) is 17.7. The lowest BCUT2D eigenvalue weighted by Gasteiger charge is -2.31. The zero-order valence-corrected chi connectivity index (χ0v) is 15.1. The third-order valence-corrected chi connectivity index (χ3v) is 5.82. The van der Waals surface area contributed by atoms with Crippen LogP contribution in [0.1, 0.15) is 17.5 Å². The SMILES string of the molecule is Cc1c[nH]c2ncnc(N3CCC(N)(CN4CCc5ccccc54)C3)c12. The maximum absolute atomic E-state index is 6.85. The topological polar surface area (TPSA) is 74.1 Å². The van der Waals surface area contributed by atoms with Crippen LogP contribution in [-0.2, 0) is 6.42 Å². The molecule has 5 rings (SSSR count). The van der Waals surface area contributed by atoms with Gasteiger partial charge < -0.3 is 20.5 Å². The summed E-state index contributed by atoms with van der Waals surface area (Å²) in [5, 5.41) is 1.11. The Hall–Kier alpha value is -2.60. The van der Waals surface area contributed by atoms with Gasteiger partial charge in [-0.1, -0.05) is 18.2 Å². The van der Waals surface area contributed by atoms with Crippen LogP contribution in [0.5, 0.6) is 0 Å². The highest BCUT2D eigenvalue weighted by Crippen LogP contribution is 2.33. The minimum atomic E-state index is -0.223. The Morgan fingerprint density at radius 1 is 1.23 bits per heavy atom. The maximum Gasteiger partial charge on any atom is 0.143 e. The average Bonchev–Trinajstić information content (AvgIpc) is 3.34. The molecule has 4 heterocycles. The molecule has 0 amide bonds. The van der Waals surface area contributed by atoms with Crippen LogP contribution in [-0.4, -0.2) is 46.7 Å². The first kappa shape index (κ1) is 15.6. The van der Waals surface area contributed by atoms with Crippen molar-refractivity contribution < 1.29 is 0 Å². The van der Waals surface area contributed by atoms with Gasteiger partial charge in [-0.3, -0.25) is 0 Å². The molecule has 6 nitrogen and oxygen atoms in total. The fourth-order valence-electron chi connectivity index (χ4n) is 4.49. The second kappa shape index (κ2) is 5.71.